The number of halogens is 1. The molecule has 164 valence electrons. The molecule has 5 N–H and O–H groups in total. The number of phenolic OH excluding ortho intramolecular Hbond substituents is 1. The summed E-state index contributed by atoms with van der Waals surface area (Å²) in [6, 6.07) is 7.54. The van der Waals surface area contributed by atoms with Crippen LogP contribution < -0.4 is 15.2 Å². The fraction of sp³-hybridized carbons (Fsp3) is 0.300. The quantitative estimate of drug-likeness (QED) is 0.387. The topological polar surface area (TPSA) is 138 Å². The predicted molar refractivity (Wildman–Crippen MR) is 116 cm³/mol. The van der Waals surface area contributed by atoms with E-state index in [4.69, 9.17) is 15.9 Å². The Morgan fingerprint density at radius 1 is 1.43 bits per heavy atom. The van der Waals surface area contributed by atoms with Crippen LogP contribution in [0.2, 0.25) is 0 Å². The summed E-state index contributed by atoms with van der Waals surface area (Å²) in [5.41, 5.74) is 6.61. The number of nitrogen functional groups attached to an aromatic ring is 1. The van der Waals surface area contributed by atoms with Gasteiger partial charge in [-0.1, -0.05) is 12.1 Å². The van der Waals surface area contributed by atoms with Gasteiger partial charge < -0.3 is 15.6 Å². The lowest BCUT2D eigenvalue weighted by atomic mass is 10.1. The Labute approximate surface area is 176 Å². The molecule has 0 spiro atoms. The van der Waals surface area contributed by atoms with E-state index in [0.29, 0.717) is 24.9 Å². The molecule has 0 saturated carbocycles. The van der Waals surface area contributed by atoms with Crippen LogP contribution >= 0.6 is 0 Å². The summed E-state index contributed by atoms with van der Waals surface area (Å²) in [7, 11) is -2.55. The van der Waals surface area contributed by atoms with Crippen molar-refractivity contribution in [3.8, 4) is 11.5 Å². The minimum absolute atomic E-state index is 0.00767. The molecule has 1 atom stereocenters. The zero-order chi connectivity index (χ0) is 22.7. The van der Waals surface area contributed by atoms with Crippen LogP contribution in [-0.2, 0) is 16.4 Å². The molecule has 2 aromatic rings. The molecule has 1 aromatic heterocycles. The van der Waals surface area contributed by atoms with Crippen molar-refractivity contribution in [2.24, 2.45) is 0 Å². The second-order valence-electron chi connectivity index (χ2n) is 6.29. The molecule has 1 heterocycles. The van der Waals surface area contributed by atoms with Crippen LogP contribution in [-0.4, -0.2) is 36.7 Å². The number of aromatic nitrogens is 1. The molecule has 0 aliphatic heterocycles. The van der Waals surface area contributed by atoms with Gasteiger partial charge in [-0.05, 0) is 56.5 Å². The molecule has 1 unspecified atom stereocenters. The third-order valence-corrected chi connectivity index (χ3v) is 5.41. The van der Waals surface area contributed by atoms with Gasteiger partial charge in [0.15, 0.2) is 16.5 Å². The van der Waals surface area contributed by atoms with Crippen LogP contribution in [0.25, 0.3) is 0 Å². The number of pyridine rings is 1. The molecular formula is C20H27FN4O4S. The van der Waals surface area contributed by atoms with Gasteiger partial charge in [-0.2, -0.15) is 0 Å². The van der Waals surface area contributed by atoms with Gasteiger partial charge in [0, 0.05) is 12.2 Å². The number of anilines is 1. The van der Waals surface area contributed by atoms with Crippen molar-refractivity contribution in [1.82, 2.24) is 9.71 Å². The van der Waals surface area contributed by atoms with Crippen molar-refractivity contribution in [3.05, 3.63) is 60.1 Å². The maximum atomic E-state index is 12.4. The van der Waals surface area contributed by atoms with Crippen molar-refractivity contribution in [1.29, 1.82) is 5.41 Å². The molecular weight excluding hydrogens is 411 g/mol. The number of sulfonamides is 1. The Morgan fingerprint density at radius 3 is 2.67 bits per heavy atom. The second kappa shape index (κ2) is 11.9. The summed E-state index contributed by atoms with van der Waals surface area (Å²) in [5.74, 6) is 0.406. The van der Waals surface area contributed by atoms with Gasteiger partial charge in [-0.25, -0.2) is 22.5 Å². The number of ether oxygens (including phenoxy) is 1. The minimum atomic E-state index is -4.01. The molecule has 2 rings (SSSR count). The number of hydrogen-bond donors (Lipinski definition) is 4. The molecule has 0 radical (unpaired) electrons. The van der Waals surface area contributed by atoms with Gasteiger partial charge >= 0.3 is 0 Å². The lowest BCUT2D eigenvalue weighted by molar-refractivity contribution is 0.373. The highest BCUT2D eigenvalue weighted by Crippen LogP contribution is 2.26. The highest BCUT2D eigenvalue weighted by molar-refractivity contribution is 8.05. The van der Waals surface area contributed by atoms with Crippen molar-refractivity contribution < 1.29 is 22.7 Å². The minimum Gasteiger partial charge on any atom is -0.504 e. The highest BCUT2D eigenvalue weighted by Gasteiger charge is 2.24. The lowest BCUT2D eigenvalue weighted by Gasteiger charge is -2.15. The summed E-state index contributed by atoms with van der Waals surface area (Å²) in [5, 5.41) is 16.9. The average Bonchev–Trinajstić information content (AvgIpc) is 2.72. The number of rotatable bonds is 7. The first kappa shape index (κ1) is 25.1. The third-order valence-electron chi connectivity index (χ3n) is 3.94. The maximum absolute atomic E-state index is 12.4. The second-order valence-corrected chi connectivity index (χ2v) is 7.94. The monoisotopic (exact) mass is 438 g/mol. The molecule has 0 bridgehead atoms. The fourth-order valence-corrected chi connectivity index (χ4v) is 3.63. The van der Waals surface area contributed by atoms with E-state index in [1.807, 2.05) is 0 Å². The molecule has 8 nitrogen and oxygen atoms in total. The van der Waals surface area contributed by atoms with E-state index < -0.39 is 21.1 Å². The predicted octanol–water partition coefficient (Wildman–Crippen LogP) is 3.13. The summed E-state index contributed by atoms with van der Waals surface area (Å²) >= 11 is 0. The van der Waals surface area contributed by atoms with Crippen molar-refractivity contribution >= 4 is 20.9 Å². The summed E-state index contributed by atoms with van der Waals surface area (Å²) < 4.78 is 42.8. The highest BCUT2D eigenvalue weighted by atomic mass is 32.2. The van der Waals surface area contributed by atoms with Crippen LogP contribution in [0.15, 0.2) is 48.9 Å². The van der Waals surface area contributed by atoms with Crippen molar-refractivity contribution in [2.45, 2.75) is 32.7 Å². The van der Waals surface area contributed by atoms with Gasteiger partial charge in [0.05, 0.1) is 19.0 Å². The SMILES string of the molecule is C/C=C\F.COc1cc(CCC(C)NS(=O)(=O)C(=N)c2cccnc2N)ccc1O. The number of nitrogens with one attached hydrogen (secondary N) is 2. The summed E-state index contributed by atoms with van der Waals surface area (Å²) in [6.07, 6.45) is 4.34. The van der Waals surface area contributed by atoms with Gasteiger partial charge in [0.2, 0.25) is 0 Å². The maximum Gasteiger partial charge on any atom is 0.258 e. The standard InChI is InChI=1S/C17H22N4O4S.C3H5F/c1-11(5-6-12-7-8-14(22)15(10-12)25-2)21-26(23,24)17(19)13-4-3-9-20-16(13)18;1-2-3-4/h3-4,7-11,19,21-22H,5-6H2,1-2H3,(H2,18,20);2-3H,1H3/b;3-2-. The lowest BCUT2D eigenvalue weighted by Crippen LogP contribution is -2.38. The summed E-state index contributed by atoms with van der Waals surface area (Å²) in [4.78, 5) is 3.80. The number of allylic oxidation sites excluding steroid dienone is 1. The number of nitrogens with two attached hydrogens (primary N) is 1. The van der Waals surface area contributed by atoms with E-state index in [2.05, 4.69) is 9.71 Å². The Bertz CT molecular complexity index is 977. The van der Waals surface area contributed by atoms with Crippen LogP contribution in [0.3, 0.4) is 0 Å². The van der Waals surface area contributed by atoms with E-state index in [1.54, 1.807) is 26.0 Å². The normalized spacial score (nSPS) is 12.1. The zero-order valence-electron chi connectivity index (χ0n) is 17.1. The number of nitrogens with zero attached hydrogens (tertiary/aromatic N) is 1. The van der Waals surface area contributed by atoms with Gasteiger partial charge in [0.25, 0.3) is 10.0 Å². The Kier molecular flexibility index (Phi) is 9.93. The van der Waals surface area contributed by atoms with Crippen LogP contribution in [0, 0.1) is 5.41 Å². The van der Waals surface area contributed by atoms with E-state index in [9.17, 15) is 17.9 Å². The molecule has 0 saturated heterocycles. The molecule has 0 aliphatic carbocycles. The molecule has 0 amide bonds. The first-order valence-corrected chi connectivity index (χ1v) is 10.5. The molecule has 0 fully saturated rings. The zero-order valence-corrected chi connectivity index (χ0v) is 17.9. The van der Waals surface area contributed by atoms with Gasteiger partial charge in [0.1, 0.15) is 5.82 Å². The number of hydrogen-bond acceptors (Lipinski definition) is 7. The van der Waals surface area contributed by atoms with E-state index in [0.717, 1.165) is 5.56 Å². The van der Waals surface area contributed by atoms with Crippen LogP contribution in [0.1, 0.15) is 31.4 Å². The average molecular weight is 439 g/mol. The summed E-state index contributed by atoms with van der Waals surface area (Å²) in [6.45, 7) is 3.34. The Balaban J connectivity index is 0.00000103. The van der Waals surface area contributed by atoms with Crippen molar-refractivity contribution in [3.63, 3.8) is 0 Å². The Hall–Kier alpha value is -2.98. The molecule has 10 heteroatoms. The molecule has 30 heavy (non-hydrogen) atoms. The number of methoxy groups -OCH3 is 1. The van der Waals surface area contributed by atoms with Crippen LogP contribution in [0.5, 0.6) is 11.5 Å². The largest absolute Gasteiger partial charge is 0.504 e. The number of aromatic hydroxyl groups is 1. The number of phenols is 1. The van der Waals surface area contributed by atoms with Crippen molar-refractivity contribution in [2.75, 3.05) is 12.8 Å². The number of aryl methyl sites for hydroxylation is 1. The molecule has 1 aromatic carbocycles. The Morgan fingerprint density at radius 2 is 2.10 bits per heavy atom. The van der Waals surface area contributed by atoms with Gasteiger partial charge in [-0.3, -0.25) is 5.41 Å². The smallest absolute Gasteiger partial charge is 0.258 e. The van der Waals surface area contributed by atoms with Gasteiger partial charge in [-0.15, -0.1) is 0 Å². The first-order valence-electron chi connectivity index (χ1n) is 9.05. The first-order chi connectivity index (χ1) is 14.2. The van der Waals surface area contributed by atoms with E-state index >= 15 is 0 Å². The number of benzene rings is 1. The van der Waals surface area contributed by atoms with Crippen LogP contribution in [0.4, 0.5) is 10.2 Å². The molecule has 0 aliphatic rings. The fourth-order valence-electron chi connectivity index (χ4n) is 2.40. The van der Waals surface area contributed by atoms with E-state index in [1.165, 1.54) is 37.6 Å². The third kappa shape index (κ3) is 7.45. The van der Waals surface area contributed by atoms with E-state index in [-0.39, 0.29) is 17.1 Å².